The number of ether oxygens (including phenoxy) is 2. The van der Waals surface area contributed by atoms with Crippen molar-refractivity contribution in [2.45, 2.75) is 18.4 Å². The molecular weight excluding hydrogens is 266 g/mol. The van der Waals surface area contributed by atoms with E-state index < -0.39 is 6.04 Å². The zero-order valence-corrected chi connectivity index (χ0v) is 11.7. The Labute approximate surface area is 123 Å². The summed E-state index contributed by atoms with van der Waals surface area (Å²) in [4.78, 5) is 12.0. The second-order valence-electron chi connectivity index (χ2n) is 4.93. The number of benzene rings is 2. The van der Waals surface area contributed by atoms with Gasteiger partial charge < -0.3 is 9.47 Å². The van der Waals surface area contributed by atoms with Gasteiger partial charge in [0.1, 0.15) is 18.4 Å². The quantitative estimate of drug-likeness (QED) is 0.880. The topological polar surface area (TPSA) is 47.6 Å². The first-order valence-electron chi connectivity index (χ1n) is 6.89. The normalized spacial score (nSPS) is 24.7. The molecule has 0 amide bonds. The lowest BCUT2D eigenvalue weighted by atomic mass is 10.0. The molecule has 4 heteroatoms. The third kappa shape index (κ3) is 2.82. The van der Waals surface area contributed by atoms with E-state index in [0.29, 0.717) is 0 Å². The molecule has 4 nitrogen and oxygen atoms in total. The molecular formula is C17H17NO3. The Bertz CT molecular complexity index is 600. The van der Waals surface area contributed by atoms with Gasteiger partial charge in [0.2, 0.25) is 0 Å². The predicted octanol–water partition coefficient (Wildman–Crippen LogP) is 2.59. The van der Waals surface area contributed by atoms with E-state index in [1.54, 1.807) is 0 Å². The van der Waals surface area contributed by atoms with Gasteiger partial charge >= 0.3 is 5.97 Å². The van der Waals surface area contributed by atoms with Gasteiger partial charge in [-0.15, -0.1) is 0 Å². The van der Waals surface area contributed by atoms with Crippen molar-refractivity contribution in [3.05, 3.63) is 71.8 Å². The fourth-order valence-electron chi connectivity index (χ4n) is 2.55. The molecule has 0 bridgehead atoms. The minimum Gasteiger partial charge on any atom is -0.468 e. The van der Waals surface area contributed by atoms with Gasteiger partial charge in [0.05, 0.1) is 7.11 Å². The Balaban J connectivity index is 1.89. The lowest BCUT2D eigenvalue weighted by Crippen LogP contribution is -2.36. The van der Waals surface area contributed by atoms with Gasteiger partial charge in [0, 0.05) is 0 Å². The molecule has 1 N–H and O–H groups in total. The predicted molar refractivity (Wildman–Crippen MR) is 78.4 cm³/mol. The summed E-state index contributed by atoms with van der Waals surface area (Å²) >= 11 is 0. The second-order valence-corrected chi connectivity index (χ2v) is 4.93. The van der Waals surface area contributed by atoms with Crippen LogP contribution in [0.1, 0.15) is 23.5 Å². The van der Waals surface area contributed by atoms with Gasteiger partial charge in [-0.05, 0) is 11.1 Å². The van der Waals surface area contributed by atoms with Crippen molar-refractivity contribution in [2.24, 2.45) is 0 Å². The van der Waals surface area contributed by atoms with E-state index in [-0.39, 0.29) is 18.3 Å². The van der Waals surface area contributed by atoms with Crippen molar-refractivity contribution in [3.8, 4) is 0 Å². The maximum Gasteiger partial charge on any atom is 0.326 e. The number of rotatable bonds is 3. The molecule has 21 heavy (non-hydrogen) atoms. The molecule has 2 aromatic carbocycles. The van der Waals surface area contributed by atoms with Crippen LogP contribution < -0.4 is 5.32 Å². The summed E-state index contributed by atoms with van der Waals surface area (Å²) in [5, 5.41) is 3.21. The monoisotopic (exact) mass is 283 g/mol. The van der Waals surface area contributed by atoms with Crippen LogP contribution in [-0.2, 0) is 14.3 Å². The second kappa shape index (κ2) is 6.08. The van der Waals surface area contributed by atoms with Crippen LogP contribution in [0.4, 0.5) is 0 Å². The Morgan fingerprint density at radius 1 is 1.00 bits per heavy atom. The first-order valence-corrected chi connectivity index (χ1v) is 6.89. The smallest absolute Gasteiger partial charge is 0.326 e. The molecule has 3 atom stereocenters. The number of nitrogens with one attached hydrogen (secondary N) is 1. The summed E-state index contributed by atoms with van der Waals surface area (Å²) in [6.45, 7) is 0. The maximum atomic E-state index is 12.0. The van der Waals surface area contributed by atoms with Crippen molar-refractivity contribution < 1.29 is 14.3 Å². The van der Waals surface area contributed by atoms with Gasteiger partial charge in [0.25, 0.3) is 0 Å². The fraction of sp³-hybridized carbons (Fsp3) is 0.235. The molecule has 0 saturated carbocycles. The first kappa shape index (κ1) is 13.8. The summed E-state index contributed by atoms with van der Waals surface area (Å²) < 4.78 is 10.9. The summed E-state index contributed by atoms with van der Waals surface area (Å²) in [7, 11) is 1.39. The van der Waals surface area contributed by atoms with Crippen molar-refractivity contribution >= 4 is 5.97 Å². The van der Waals surface area contributed by atoms with Crippen molar-refractivity contribution in [1.29, 1.82) is 0 Å². The van der Waals surface area contributed by atoms with Gasteiger partial charge in [0.15, 0.2) is 0 Å². The van der Waals surface area contributed by atoms with Crippen LogP contribution in [0.5, 0.6) is 0 Å². The Kier molecular flexibility index (Phi) is 3.99. The third-order valence-electron chi connectivity index (χ3n) is 3.60. The van der Waals surface area contributed by atoms with Crippen LogP contribution in [-0.4, -0.2) is 19.1 Å². The molecule has 0 aromatic heterocycles. The number of carbonyl (C=O) groups is 1. The zero-order chi connectivity index (χ0) is 14.7. The minimum atomic E-state index is -0.511. The van der Waals surface area contributed by atoms with Crippen molar-refractivity contribution in [3.63, 3.8) is 0 Å². The van der Waals surface area contributed by atoms with E-state index >= 15 is 0 Å². The number of hydrogen-bond acceptors (Lipinski definition) is 4. The highest BCUT2D eigenvalue weighted by Crippen LogP contribution is 2.35. The maximum absolute atomic E-state index is 12.0. The van der Waals surface area contributed by atoms with Crippen LogP contribution in [0.15, 0.2) is 60.7 Å². The van der Waals surface area contributed by atoms with Crippen LogP contribution in [0.3, 0.4) is 0 Å². The highest BCUT2D eigenvalue weighted by Gasteiger charge is 2.41. The van der Waals surface area contributed by atoms with E-state index in [0.717, 1.165) is 11.1 Å². The number of esters is 1. The third-order valence-corrected chi connectivity index (χ3v) is 3.60. The molecule has 1 saturated heterocycles. The van der Waals surface area contributed by atoms with E-state index in [1.807, 2.05) is 60.7 Å². The molecule has 1 unspecified atom stereocenters. The summed E-state index contributed by atoms with van der Waals surface area (Å²) in [5.74, 6) is -0.317. The van der Waals surface area contributed by atoms with Crippen molar-refractivity contribution in [1.82, 2.24) is 5.32 Å². The van der Waals surface area contributed by atoms with E-state index in [2.05, 4.69) is 5.32 Å². The Hall–Kier alpha value is -2.17. The Morgan fingerprint density at radius 2 is 1.57 bits per heavy atom. The van der Waals surface area contributed by atoms with E-state index in [9.17, 15) is 4.79 Å². The standard InChI is InChI=1S/C17H17NO3/c1-20-17(19)14-15(12-8-4-2-5-9-12)21-16(18-14)13-10-6-3-7-11-13/h2-11,14-16,18H,1H3/t14-,15+,16?/m0/s1. The molecule has 1 heterocycles. The molecule has 2 aromatic rings. The van der Waals surface area contributed by atoms with Gasteiger partial charge in [-0.1, -0.05) is 60.7 Å². The molecule has 0 spiro atoms. The first-order chi connectivity index (χ1) is 10.3. The molecule has 1 aliphatic rings. The molecule has 3 rings (SSSR count). The summed E-state index contributed by atoms with van der Waals surface area (Å²) in [6, 6.07) is 19.0. The van der Waals surface area contributed by atoms with Crippen molar-refractivity contribution in [2.75, 3.05) is 7.11 Å². The molecule has 108 valence electrons. The largest absolute Gasteiger partial charge is 0.468 e. The van der Waals surface area contributed by atoms with Crippen LogP contribution in [0.2, 0.25) is 0 Å². The zero-order valence-electron chi connectivity index (χ0n) is 11.7. The lowest BCUT2D eigenvalue weighted by molar-refractivity contribution is -0.144. The average Bonchev–Trinajstić information content (AvgIpc) is 3.01. The molecule has 1 aliphatic heterocycles. The van der Waals surface area contributed by atoms with Crippen LogP contribution in [0, 0.1) is 0 Å². The highest BCUT2D eigenvalue weighted by atomic mass is 16.5. The van der Waals surface area contributed by atoms with E-state index in [1.165, 1.54) is 7.11 Å². The van der Waals surface area contributed by atoms with Crippen LogP contribution >= 0.6 is 0 Å². The Morgan fingerprint density at radius 3 is 2.14 bits per heavy atom. The number of carbonyl (C=O) groups excluding carboxylic acids is 1. The SMILES string of the molecule is COC(=O)[C@H]1NC(c2ccccc2)O[C@@H]1c1ccccc1. The highest BCUT2D eigenvalue weighted by molar-refractivity contribution is 5.77. The fourth-order valence-corrected chi connectivity index (χ4v) is 2.55. The van der Waals surface area contributed by atoms with E-state index in [4.69, 9.17) is 9.47 Å². The van der Waals surface area contributed by atoms with Gasteiger partial charge in [-0.2, -0.15) is 0 Å². The number of methoxy groups -OCH3 is 1. The average molecular weight is 283 g/mol. The molecule has 0 aliphatic carbocycles. The minimum absolute atomic E-state index is 0.317. The molecule has 0 radical (unpaired) electrons. The lowest BCUT2D eigenvalue weighted by Gasteiger charge is -2.15. The van der Waals surface area contributed by atoms with Gasteiger partial charge in [-0.3, -0.25) is 10.1 Å². The number of hydrogen-bond donors (Lipinski definition) is 1. The molecule has 1 fully saturated rings. The summed E-state index contributed by atoms with van der Waals surface area (Å²) in [5.41, 5.74) is 1.95. The van der Waals surface area contributed by atoms with Gasteiger partial charge in [-0.25, -0.2) is 0 Å². The summed E-state index contributed by atoms with van der Waals surface area (Å²) in [6.07, 6.45) is -0.677. The van der Waals surface area contributed by atoms with Crippen LogP contribution in [0.25, 0.3) is 0 Å².